The van der Waals surface area contributed by atoms with Crippen LogP contribution in [0.3, 0.4) is 0 Å². The molecule has 4 N–H and O–H groups in total. The molecule has 0 aromatic carbocycles. The van der Waals surface area contributed by atoms with Gasteiger partial charge >= 0.3 is 0 Å². The second-order valence-corrected chi connectivity index (χ2v) is 4.31. The lowest BCUT2D eigenvalue weighted by Gasteiger charge is -2.29. The molecule has 0 spiro atoms. The molecule has 2 rings (SSSR count). The quantitative estimate of drug-likeness (QED) is 0.681. The molecule has 1 fully saturated rings. The van der Waals surface area contributed by atoms with Crippen LogP contribution in [-0.2, 0) is 0 Å². The van der Waals surface area contributed by atoms with E-state index >= 15 is 0 Å². The Labute approximate surface area is 101 Å². The maximum atomic E-state index is 5.61. The van der Waals surface area contributed by atoms with Crippen molar-refractivity contribution in [2.45, 2.75) is 18.9 Å². The highest BCUT2D eigenvalue weighted by Crippen LogP contribution is 2.14. The van der Waals surface area contributed by atoms with Gasteiger partial charge in [0.05, 0.1) is 0 Å². The van der Waals surface area contributed by atoms with E-state index in [1.807, 2.05) is 0 Å². The fourth-order valence-corrected chi connectivity index (χ4v) is 1.90. The van der Waals surface area contributed by atoms with Gasteiger partial charge in [0.1, 0.15) is 0 Å². The van der Waals surface area contributed by atoms with Gasteiger partial charge in [-0.15, -0.1) is 0 Å². The number of hydrogen-bond donors (Lipinski definition) is 3. The van der Waals surface area contributed by atoms with Crippen molar-refractivity contribution in [1.82, 2.24) is 19.9 Å². The molecule has 1 aliphatic heterocycles. The van der Waals surface area contributed by atoms with Crippen LogP contribution in [0.2, 0.25) is 0 Å². The molecule has 1 aromatic heterocycles. The predicted molar refractivity (Wildman–Crippen MR) is 67.9 cm³/mol. The third kappa shape index (κ3) is 3.16. The highest BCUT2D eigenvalue weighted by atomic mass is 15.2. The first-order valence-corrected chi connectivity index (χ1v) is 5.82. The maximum absolute atomic E-state index is 5.61. The van der Waals surface area contributed by atoms with E-state index in [2.05, 4.69) is 37.5 Å². The minimum absolute atomic E-state index is 0.236. The number of likely N-dealkylation sites (tertiary alicyclic amines) is 1. The zero-order valence-electron chi connectivity index (χ0n) is 10.3. The Hall–Kier alpha value is -1.63. The summed E-state index contributed by atoms with van der Waals surface area (Å²) in [5, 5.41) is 6.17. The Morgan fingerprint density at radius 3 is 2.47 bits per heavy atom. The zero-order valence-corrected chi connectivity index (χ0v) is 10.3. The van der Waals surface area contributed by atoms with Crippen LogP contribution in [0.25, 0.3) is 0 Å². The molecule has 0 aliphatic carbocycles. The van der Waals surface area contributed by atoms with Crippen molar-refractivity contribution in [3.8, 4) is 0 Å². The van der Waals surface area contributed by atoms with Crippen molar-refractivity contribution < 1.29 is 0 Å². The van der Waals surface area contributed by atoms with Crippen LogP contribution in [0.4, 0.5) is 17.8 Å². The molecule has 0 unspecified atom stereocenters. The summed E-state index contributed by atoms with van der Waals surface area (Å²) in [6.45, 7) is 2.19. The summed E-state index contributed by atoms with van der Waals surface area (Å²) in [5.41, 5.74) is 5.61. The number of anilines is 3. The third-order valence-electron chi connectivity index (χ3n) is 2.93. The summed E-state index contributed by atoms with van der Waals surface area (Å²) in [4.78, 5) is 14.6. The van der Waals surface area contributed by atoms with Crippen LogP contribution in [0.15, 0.2) is 0 Å². The first-order valence-electron chi connectivity index (χ1n) is 5.82. The van der Waals surface area contributed by atoms with Gasteiger partial charge in [-0.2, -0.15) is 15.0 Å². The molecule has 0 saturated carbocycles. The van der Waals surface area contributed by atoms with Crippen LogP contribution >= 0.6 is 0 Å². The zero-order chi connectivity index (χ0) is 12.3. The van der Waals surface area contributed by atoms with Crippen molar-refractivity contribution >= 4 is 17.8 Å². The predicted octanol–water partition coefficient (Wildman–Crippen LogP) is 0.00160. The minimum atomic E-state index is 0.236. The second-order valence-electron chi connectivity index (χ2n) is 4.31. The molecule has 0 radical (unpaired) electrons. The van der Waals surface area contributed by atoms with Gasteiger partial charge in [-0.1, -0.05) is 0 Å². The van der Waals surface area contributed by atoms with Gasteiger partial charge in [0.25, 0.3) is 0 Å². The number of nitrogens with zero attached hydrogens (tertiary/aromatic N) is 4. The molecule has 0 amide bonds. The fourth-order valence-electron chi connectivity index (χ4n) is 1.90. The van der Waals surface area contributed by atoms with Gasteiger partial charge in [-0.05, 0) is 33.0 Å². The van der Waals surface area contributed by atoms with Gasteiger partial charge in [-0.3, -0.25) is 0 Å². The number of nitrogens with two attached hydrogens (primary N) is 1. The average molecular weight is 237 g/mol. The Morgan fingerprint density at radius 2 is 1.82 bits per heavy atom. The summed E-state index contributed by atoms with van der Waals surface area (Å²) < 4.78 is 0. The lowest BCUT2D eigenvalue weighted by Crippen LogP contribution is -2.37. The van der Waals surface area contributed by atoms with Crippen LogP contribution in [0, 0.1) is 0 Å². The van der Waals surface area contributed by atoms with Crippen molar-refractivity contribution in [1.29, 1.82) is 0 Å². The van der Waals surface area contributed by atoms with Crippen LogP contribution in [0.1, 0.15) is 12.8 Å². The molecular formula is C10H19N7. The topological polar surface area (TPSA) is 92.0 Å². The highest BCUT2D eigenvalue weighted by molar-refractivity contribution is 5.40. The van der Waals surface area contributed by atoms with E-state index < -0.39 is 0 Å². The Bertz CT molecular complexity index is 373. The van der Waals surface area contributed by atoms with Gasteiger partial charge in [-0.25, -0.2) is 0 Å². The lowest BCUT2D eigenvalue weighted by atomic mass is 10.1. The number of hydrogen-bond acceptors (Lipinski definition) is 7. The molecule has 7 heteroatoms. The molecule has 17 heavy (non-hydrogen) atoms. The second kappa shape index (κ2) is 5.13. The standard InChI is InChI=1S/C10H19N7/c1-12-9-14-8(11)15-10(16-9)13-7-3-5-17(2)6-4-7/h7H,3-6H2,1-2H3,(H4,11,12,13,14,15,16). The van der Waals surface area contributed by atoms with Gasteiger partial charge in [0.2, 0.25) is 17.8 Å². The normalized spacial score (nSPS) is 18.0. The Balaban J connectivity index is 2.00. The van der Waals surface area contributed by atoms with Crippen molar-refractivity contribution in [3.05, 3.63) is 0 Å². The third-order valence-corrected chi connectivity index (χ3v) is 2.93. The highest BCUT2D eigenvalue weighted by Gasteiger charge is 2.17. The van der Waals surface area contributed by atoms with Crippen molar-refractivity contribution in [2.75, 3.05) is 43.6 Å². The summed E-state index contributed by atoms with van der Waals surface area (Å²) >= 11 is 0. The summed E-state index contributed by atoms with van der Waals surface area (Å²) in [7, 11) is 3.89. The number of nitrogens with one attached hydrogen (secondary N) is 2. The largest absolute Gasteiger partial charge is 0.368 e. The van der Waals surface area contributed by atoms with Gasteiger partial charge < -0.3 is 21.3 Å². The molecule has 0 bridgehead atoms. The van der Waals surface area contributed by atoms with Crippen LogP contribution in [0.5, 0.6) is 0 Å². The average Bonchev–Trinajstić information content (AvgIpc) is 2.31. The Morgan fingerprint density at radius 1 is 1.18 bits per heavy atom. The molecule has 1 saturated heterocycles. The molecule has 94 valence electrons. The van der Waals surface area contributed by atoms with Crippen LogP contribution in [-0.4, -0.2) is 53.1 Å². The number of nitrogen functional groups attached to an aromatic ring is 1. The van der Waals surface area contributed by atoms with Crippen molar-refractivity contribution in [2.24, 2.45) is 0 Å². The summed E-state index contributed by atoms with van der Waals surface area (Å²) in [5.74, 6) is 1.28. The first kappa shape index (κ1) is 11.8. The number of piperidine rings is 1. The molecule has 1 aliphatic rings. The lowest BCUT2D eigenvalue weighted by molar-refractivity contribution is 0.263. The molecule has 0 atom stereocenters. The number of rotatable bonds is 3. The van der Waals surface area contributed by atoms with E-state index in [9.17, 15) is 0 Å². The Kier molecular flexibility index (Phi) is 3.58. The minimum Gasteiger partial charge on any atom is -0.368 e. The smallest absolute Gasteiger partial charge is 0.229 e. The van der Waals surface area contributed by atoms with Gasteiger partial charge in [0.15, 0.2) is 0 Å². The SMILES string of the molecule is CNc1nc(N)nc(NC2CCN(C)CC2)n1. The van der Waals surface area contributed by atoms with Gasteiger partial charge in [0, 0.05) is 13.1 Å². The van der Waals surface area contributed by atoms with E-state index in [-0.39, 0.29) is 5.95 Å². The van der Waals surface area contributed by atoms with Crippen LogP contribution < -0.4 is 16.4 Å². The van der Waals surface area contributed by atoms with Crippen molar-refractivity contribution in [3.63, 3.8) is 0 Å². The van der Waals surface area contributed by atoms with E-state index in [4.69, 9.17) is 5.73 Å². The number of aromatic nitrogens is 3. The van der Waals surface area contributed by atoms with E-state index in [0.29, 0.717) is 17.9 Å². The first-order chi connectivity index (χ1) is 8.17. The monoisotopic (exact) mass is 237 g/mol. The van der Waals surface area contributed by atoms with E-state index in [1.165, 1.54) is 0 Å². The van der Waals surface area contributed by atoms with E-state index in [1.54, 1.807) is 7.05 Å². The molecular weight excluding hydrogens is 218 g/mol. The molecule has 7 nitrogen and oxygen atoms in total. The molecule has 2 heterocycles. The summed E-state index contributed by atoms with van der Waals surface area (Å²) in [6.07, 6.45) is 2.19. The van der Waals surface area contributed by atoms with E-state index in [0.717, 1.165) is 25.9 Å². The molecule has 1 aromatic rings. The fraction of sp³-hybridized carbons (Fsp3) is 0.700. The maximum Gasteiger partial charge on any atom is 0.229 e. The summed E-state index contributed by atoms with van der Waals surface area (Å²) in [6, 6.07) is 0.415.